The van der Waals surface area contributed by atoms with Gasteiger partial charge in [0.1, 0.15) is 18.0 Å². The van der Waals surface area contributed by atoms with Gasteiger partial charge in [-0.25, -0.2) is 4.79 Å². The molecule has 1 aromatic carbocycles. The minimum absolute atomic E-state index is 0.0181. The number of hydrogen-bond donors (Lipinski definition) is 1. The number of aryl methyl sites for hydroxylation is 1. The number of fused-ring (bicyclic) bond motifs is 1. The molecule has 0 spiro atoms. The van der Waals surface area contributed by atoms with Gasteiger partial charge < -0.3 is 19.3 Å². The maximum atomic E-state index is 13.9. The zero-order valence-corrected chi connectivity index (χ0v) is 23.0. The fraction of sp³-hybridized carbons (Fsp3) is 0.556. The van der Waals surface area contributed by atoms with E-state index in [2.05, 4.69) is 34.4 Å². The summed E-state index contributed by atoms with van der Waals surface area (Å²) in [5, 5.41) is 11.1. The van der Waals surface area contributed by atoms with E-state index in [9.17, 15) is 18.0 Å². The van der Waals surface area contributed by atoms with E-state index in [0.717, 1.165) is 36.6 Å². The number of rotatable bonds is 7. The Morgan fingerprint density at radius 3 is 2.64 bits per heavy atom. The summed E-state index contributed by atoms with van der Waals surface area (Å²) < 4.78 is 59.5. The molecule has 0 radical (unpaired) electrons. The number of nitrogens with zero attached hydrogens (tertiary/aromatic N) is 4. The summed E-state index contributed by atoms with van der Waals surface area (Å²) in [6, 6.07) is 3.56. The quantitative estimate of drug-likeness (QED) is 0.358. The number of nitrogens with one attached hydrogen (secondary N) is 1. The largest absolute Gasteiger partial charge is 0.491 e. The second-order valence-electron chi connectivity index (χ2n) is 11.3. The van der Waals surface area contributed by atoms with Crippen molar-refractivity contribution < 1.29 is 32.0 Å². The highest BCUT2D eigenvalue weighted by atomic mass is 19.4. The van der Waals surface area contributed by atoms with Gasteiger partial charge >= 0.3 is 12.3 Å². The molecule has 0 fully saturated rings. The van der Waals surface area contributed by atoms with Crippen LogP contribution in [0.3, 0.4) is 0 Å². The molecule has 1 aliphatic rings. The molecular formula is C27H34F3N5O4. The number of amides is 1. The van der Waals surface area contributed by atoms with Gasteiger partial charge in [0.25, 0.3) is 5.89 Å². The zero-order valence-electron chi connectivity index (χ0n) is 23.0. The van der Waals surface area contributed by atoms with Crippen LogP contribution in [0.5, 0.6) is 5.75 Å². The van der Waals surface area contributed by atoms with Crippen LogP contribution >= 0.6 is 0 Å². The molecule has 1 aliphatic carbocycles. The molecule has 12 heteroatoms. The number of halogens is 3. The van der Waals surface area contributed by atoms with Crippen molar-refractivity contribution in [2.24, 2.45) is 5.41 Å². The third kappa shape index (κ3) is 6.72. The number of hydrogen-bond acceptors (Lipinski definition) is 7. The topological polar surface area (TPSA) is 104 Å². The molecule has 2 heterocycles. The van der Waals surface area contributed by atoms with E-state index in [-0.39, 0.29) is 41.6 Å². The van der Waals surface area contributed by atoms with Crippen molar-refractivity contribution in [3.8, 4) is 28.7 Å². The third-order valence-electron chi connectivity index (χ3n) is 6.36. The first-order valence-corrected chi connectivity index (χ1v) is 12.9. The van der Waals surface area contributed by atoms with Crippen molar-refractivity contribution in [3.05, 3.63) is 35.0 Å². The maximum Gasteiger partial charge on any atom is 0.419 e. The number of benzene rings is 1. The van der Waals surface area contributed by atoms with Gasteiger partial charge in [-0.3, -0.25) is 4.68 Å². The van der Waals surface area contributed by atoms with Crippen molar-refractivity contribution >= 4 is 6.09 Å². The van der Waals surface area contributed by atoms with Crippen LogP contribution in [0.2, 0.25) is 0 Å². The van der Waals surface area contributed by atoms with Crippen LogP contribution in [-0.2, 0) is 30.3 Å². The average molecular weight is 550 g/mol. The first-order chi connectivity index (χ1) is 18.2. The molecule has 212 valence electrons. The van der Waals surface area contributed by atoms with Crippen LogP contribution in [0.4, 0.5) is 18.0 Å². The van der Waals surface area contributed by atoms with Crippen molar-refractivity contribution in [3.63, 3.8) is 0 Å². The molecule has 0 saturated carbocycles. The van der Waals surface area contributed by atoms with E-state index >= 15 is 0 Å². The van der Waals surface area contributed by atoms with Crippen LogP contribution in [0.25, 0.3) is 23.0 Å². The van der Waals surface area contributed by atoms with E-state index in [1.54, 1.807) is 20.8 Å². The summed E-state index contributed by atoms with van der Waals surface area (Å²) in [7, 11) is 0. The zero-order chi connectivity index (χ0) is 28.6. The van der Waals surface area contributed by atoms with Gasteiger partial charge in [0, 0.05) is 23.4 Å². The van der Waals surface area contributed by atoms with Crippen molar-refractivity contribution in [2.45, 2.75) is 79.1 Å². The molecule has 1 N–H and O–H groups in total. The number of ether oxygens (including phenoxy) is 2. The third-order valence-corrected chi connectivity index (χ3v) is 6.36. The first kappa shape index (κ1) is 28.4. The monoisotopic (exact) mass is 549 g/mol. The predicted octanol–water partition coefficient (Wildman–Crippen LogP) is 6.06. The lowest BCUT2D eigenvalue weighted by molar-refractivity contribution is -0.138. The van der Waals surface area contributed by atoms with Gasteiger partial charge in [0.05, 0.1) is 12.1 Å². The number of carbonyl (C=O) groups is 1. The second kappa shape index (κ2) is 10.5. The minimum atomic E-state index is -4.69. The fourth-order valence-electron chi connectivity index (χ4n) is 4.51. The molecular weight excluding hydrogens is 515 g/mol. The molecule has 9 nitrogen and oxygen atoms in total. The van der Waals surface area contributed by atoms with E-state index < -0.39 is 23.4 Å². The van der Waals surface area contributed by atoms with Crippen LogP contribution in [0, 0.1) is 5.41 Å². The smallest absolute Gasteiger partial charge is 0.419 e. The van der Waals surface area contributed by atoms with Gasteiger partial charge in [-0.15, -0.1) is 0 Å². The normalized spacial score (nSPS) is 15.1. The van der Waals surface area contributed by atoms with Gasteiger partial charge in [0.15, 0.2) is 5.69 Å². The van der Waals surface area contributed by atoms with Crippen LogP contribution in [-0.4, -0.2) is 44.8 Å². The minimum Gasteiger partial charge on any atom is -0.491 e. The Morgan fingerprint density at radius 1 is 1.23 bits per heavy atom. The van der Waals surface area contributed by atoms with E-state index in [4.69, 9.17) is 14.0 Å². The van der Waals surface area contributed by atoms with E-state index in [0.29, 0.717) is 12.2 Å². The highest BCUT2D eigenvalue weighted by Gasteiger charge is 2.36. The Labute approximate surface area is 225 Å². The molecule has 4 rings (SSSR count). The lowest BCUT2D eigenvalue weighted by atomic mass is 9.76. The van der Waals surface area contributed by atoms with E-state index in [1.807, 2.05) is 11.6 Å². The second-order valence-corrected chi connectivity index (χ2v) is 11.3. The van der Waals surface area contributed by atoms with Crippen LogP contribution in [0.15, 0.2) is 22.7 Å². The van der Waals surface area contributed by atoms with E-state index in [1.165, 1.54) is 12.1 Å². The molecule has 0 bridgehead atoms. The van der Waals surface area contributed by atoms with Gasteiger partial charge in [0.2, 0.25) is 5.82 Å². The average Bonchev–Trinajstić information content (AvgIpc) is 3.44. The molecule has 2 aromatic heterocycles. The lowest BCUT2D eigenvalue weighted by Gasteiger charge is -2.30. The Balaban J connectivity index is 1.53. The number of alkyl halides is 3. The van der Waals surface area contributed by atoms with Crippen molar-refractivity contribution in [1.29, 1.82) is 0 Å². The Kier molecular flexibility index (Phi) is 7.68. The lowest BCUT2D eigenvalue weighted by Crippen LogP contribution is -2.34. The molecule has 39 heavy (non-hydrogen) atoms. The number of carbonyl (C=O) groups excluding carboxylic acids is 1. The van der Waals surface area contributed by atoms with Crippen molar-refractivity contribution in [1.82, 2.24) is 25.2 Å². The molecule has 0 aliphatic heterocycles. The Morgan fingerprint density at radius 2 is 1.97 bits per heavy atom. The molecule has 0 atom stereocenters. The summed E-state index contributed by atoms with van der Waals surface area (Å²) in [6.45, 7) is 12.0. The first-order valence-electron chi connectivity index (χ1n) is 12.9. The Hall–Kier alpha value is -3.57. The van der Waals surface area contributed by atoms with Crippen molar-refractivity contribution in [2.75, 3.05) is 13.2 Å². The van der Waals surface area contributed by atoms with Gasteiger partial charge in [-0.1, -0.05) is 19.0 Å². The summed E-state index contributed by atoms with van der Waals surface area (Å²) in [4.78, 5) is 16.1. The molecule has 3 aromatic rings. The summed E-state index contributed by atoms with van der Waals surface area (Å²) >= 11 is 0. The highest BCUT2D eigenvalue weighted by molar-refractivity contribution is 5.67. The van der Waals surface area contributed by atoms with Gasteiger partial charge in [-0.05, 0) is 70.6 Å². The fourth-order valence-corrected chi connectivity index (χ4v) is 4.51. The highest BCUT2D eigenvalue weighted by Crippen LogP contribution is 2.40. The SMILES string of the molecule is CCn1nc(-c2nc(-c3ccc(OCCNC(=O)OC(C)(C)C)c(C(F)(F)F)c3)no2)c2c1CC(C)(C)CC2. The summed E-state index contributed by atoms with van der Waals surface area (Å²) in [6.07, 6.45) is -2.72. The molecule has 0 saturated heterocycles. The van der Waals surface area contributed by atoms with Crippen LogP contribution < -0.4 is 10.1 Å². The number of alkyl carbamates (subject to hydrolysis) is 1. The molecule has 1 amide bonds. The number of aromatic nitrogens is 4. The Bertz CT molecular complexity index is 1340. The van der Waals surface area contributed by atoms with Crippen LogP contribution in [0.1, 0.15) is 64.8 Å². The standard InChI is InChI=1S/C27H34F3N5O4/c1-7-35-19-15-26(5,6)11-10-17(19)21(33-35)23-32-22(34-39-23)16-8-9-20(18(14-16)27(28,29)30)37-13-12-31-24(36)38-25(2,3)4/h8-9,14H,7,10-13,15H2,1-6H3,(H,31,36). The maximum absolute atomic E-state index is 13.9. The van der Waals surface area contributed by atoms with Gasteiger partial charge in [-0.2, -0.15) is 23.3 Å². The molecule has 0 unspecified atom stereocenters. The predicted molar refractivity (Wildman–Crippen MR) is 137 cm³/mol. The summed E-state index contributed by atoms with van der Waals surface area (Å²) in [5.41, 5.74) is 1.36. The summed E-state index contributed by atoms with van der Waals surface area (Å²) in [5.74, 6) is -0.181.